The van der Waals surface area contributed by atoms with Crippen LogP contribution in [-0.2, 0) is 4.74 Å². The van der Waals surface area contributed by atoms with Gasteiger partial charge in [-0.25, -0.2) is 9.78 Å². The molecule has 2 rings (SSSR count). The molecular weight excluding hydrogens is 256 g/mol. The number of nitrogens with zero attached hydrogens (tertiary/aromatic N) is 2. The molecule has 0 radical (unpaired) electrons. The summed E-state index contributed by atoms with van der Waals surface area (Å²) in [5, 5.41) is 0. The summed E-state index contributed by atoms with van der Waals surface area (Å²) < 4.78 is 5.14. The predicted octanol–water partition coefficient (Wildman–Crippen LogP) is 1.75. The van der Waals surface area contributed by atoms with Crippen molar-refractivity contribution in [1.82, 2.24) is 4.98 Å². The van der Waals surface area contributed by atoms with Gasteiger partial charge in [0.2, 0.25) is 0 Å². The Morgan fingerprint density at radius 1 is 1.55 bits per heavy atom. The van der Waals surface area contributed by atoms with Crippen LogP contribution >= 0.6 is 0 Å². The van der Waals surface area contributed by atoms with Crippen LogP contribution in [0.5, 0.6) is 0 Å². The smallest absolute Gasteiger partial charge is 0.405 e. The fourth-order valence-corrected chi connectivity index (χ4v) is 2.80. The Morgan fingerprint density at radius 3 is 2.90 bits per heavy atom. The lowest BCUT2D eigenvalue weighted by Gasteiger charge is -2.27. The molecule has 6 heteroatoms. The van der Waals surface area contributed by atoms with Crippen LogP contribution in [0.3, 0.4) is 0 Å². The fourth-order valence-electron chi connectivity index (χ4n) is 2.80. The molecule has 0 unspecified atom stereocenters. The van der Waals surface area contributed by atoms with E-state index in [0.717, 1.165) is 31.7 Å². The number of primary amides is 1. The van der Waals surface area contributed by atoms with E-state index in [4.69, 9.17) is 16.2 Å². The van der Waals surface area contributed by atoms with Crippen molar-refractivity contribution in [3.05, 3.63) is 18.3 Å². The van der Waals surface area contributed by atoms with Crippen molar-refractivity contribution in [2.75, 3.05) is 23.7 Å². The topological polar surface area (TPSA) is 94.5 Å². The molecule has 0 bridgehead atoms. The number of nitrogens with two attached hydrogens (primary N) is 2. The molecule has 0 aliphatic carbocycles. The van der Waals surface area contributed by atoms with E-state index in [-0.39, 0.29) is 0 Å². The zero-order chi connectivity index (χ0) is 14.8. The van der Waals surface area contributed by atoms with Gasteiger partial charge in [0.15, 0.2) is 0 Å². The minimum Gasteiger partial charge on any atom is -0.444 e. The van der Waals surface area contributed by atoms with E-state index in [1.165, 1.54) is 0 Å². The summed E-state index contributed by atoms with van der Waals surface area (Å²) in [5.74, 6) is 1.40. The van der Waals surface area contributed by atoms with Crippen LogP contribution in [-0.4, -0.2) is 29.8 Å². The van der Waals surface area contributed by atoms with Crippen molar-refractivity contribution in [2.24, 2.45) is 11.7 Å². The molecule has 2 heterocycles. The van der Waals surface area contributed by atoms with Crippen LogP contribution in [0.1, 0.15) is 26.7 Å². The summed E-state index contributed by atoms with van der Waals surface area (Å²) in [5.41, 5.74) is 10.9. The highest BCUT2D eigenvalue weighted by Crippen LogP contribution is 2.30. The molecule has 1 atom stereocenters. The average Bonchev–Trinajstić information content (AvgIpc) is 2.75. The number of carbonyl (C=O) groups is 1. The normalized spacial score (nSPS) is 19.1. The Kier molecular flexibility index (Phi) is 4.01. The van der Waals surface area contributed by atoms with Gasteiger partial charge in [0.05, 0.1) is 11.9 Å². The van der Waals surface area contributed by atoms with Crippen molar-refractivity contribution < 1.29 is 9.53 Å². The predicted molar refractivity (Wildman–Crippen MR) is 78.3 cm³/mol. The Bertz CT molecular complexity index is 473. The van der Waals surface area contributed by atoms with Crippen LogP contribution in [0.4, 0.5) is 16.3 Å². The van der Waals surface area contributed by atoms with Gasteiger partial charge in [-0.2, -0.15) is 0 Å². The van der Waals surface area contributed by atoms with Crippen molar-refractivity contribution in [3.63, 3.8) is 0 Å². The summed E-state index contributed by atoms with van der Waals surface area (Å²) >= 11 is 0. The highest BCUT2D eigenvalue weighted by atomic mass is 16.6. The van der Waals surface area contributed by atoms with Gasteiger partial charge in [0, 0.05) is 13.1 Å². The standard InChI is InChI=1S/C14H22N4O2/c1-14(2,20-13(16)19)7-10-5-6-18(9-10)12-4-3-11(15)8-17-12/h3-4,8,10H,5-7,9,15H2,1-2H3,(H2,16,19)/t10-/m1/s1. The van der Waals surface area contributed by atoms with Crippen LogP contribution < -0.4 is 16.4 Å². The van der Waals surface area contributed by atoms with E-state index in [1.807, 2.05) is 26.0 Å². The van der Waals surface area contributed by atoms with Crippen LogP contribution in [0.15, 0.2) is 18.3 Å². The van der Waals surface area contributed by atoms with Gasteiger partial charge in [-0.3, -0.25) is 0 Å². The summed E-state index contributed by atoms with van der Waals surface area (Å²) in [6.45, 7) is 5.64. The lowest BCUT2D eigenvalue weighted by molar-refractivity contribution is 0.0286. The minimum atomic E-state index is -0.718. The van der Waals surface area contributed by atoms with E-state index < -0.39 is 11.7 Å². The Labute approximate surface area is 119 Å². The highest BCUT2D eigenvalue weighted by molar-refractivity contribution is 5.65. The first-order valence-corrected chi connectivity index (χ1v) is 6.81. The molecule has 6 nitrogen and oxygen atoms in total. The van der Waals surface area contributed by atoms with Gasteiger partial charge in [-0.1, -0.05) is 0 Å². The van der Waals surface area contributed by atoms with Gasteiger partial charge in [0.1, 0.15) is 11.4 Å². The summed E-state index contributed by atoms with van der Waals surface area (Å²) in [7, 11) is 0. The molecule has 0 spiro atoms. The second kappa shape index (κ2) is 5.56. The van der Waals surface area contributed by atoms with E-state index >= 15 is 0 Å². The van der Waals surface area contributed by atoms with Gasteiger partial charge >= 0.3 is 6.09 Å². The average molecular weight is 278 g/mol. The number of nitrogen functional groups attached to an aromatic ring is 1. The fraction of sp³-hybridized carbons (Fsp3) is 0.571. The molecule has 1 amide bonds. The first-order chi connectivity index (χ1) is 9.35. The van der Waals surface area contributed by atoms with Gasteiger partial charge in [0.25, 0.3) is 0 Å². The number of ether oxygens (including phenoxy) is 1. The third kappa shape index (κ3) is 3.76. The maximum atomic E-state index is 10.9. The third-order valence-electron chi connectivity index (χ3n) is 3.54. The Balaban J connectivity index is 1.92. The molecule has 1 aromatic rings. The molecule has 1 aliphatic rings. The maximum Gasteiger partial charge on any atom is 0.405 e. The molecule has 1 aromatic heterocycles. The molecule has 0 saturated carbocycles. The van der Waals surface area contributed by atoms with Gasteiger partial charge < -0.3 is 21.1 Å². The van der Waals surface area contributed by atoms with Crippen LogP contribution in [0.25, 0.3) is 0 Å². The number of aromatic nitrogens is 1. The molecule has 1 saturated heterocycles. The molecular formula is C14H22N4O2. The molecule has 110 valence electrons. The second-order valence-corrected chi connectivity index (χ2v) is 5.94. The SMILES string of the molecule is CC(C)(C[C@H]1CCN(c2ccc(N)cn2)C1)OC(N)=O. The quantitative estimate of drug-likeness (QED) is 0.875. The minimum absolute atomic E-state index is 0.462. The number of hydrogen-bond donors (Lipinski definition) is 2. The lowest BCUT2D eigenvalue weighted by atomic mass is 9.93. The lowest BCUT2D eigenvalue weighted by Crippen LogP contribution is -2.34. The molecule has 1 fully saturated rings. The first-order valence-electron chi connectivity index (χ1n) is 6.81. The van der Waals surface area contributed by atoms with Gasteiger partial charge in [-0.05, 0) is 44.7 Å². The zero-order valence-corrected chi connectivity index (χ0v) is 12.0. The summed E-state index contributed by atoms with van der Waals surface area (Å²) in [6.07, 6.45) is 2.80. The largest absolute Gasteiger partial charge is 0.444 e. The zero-order valence-electron chi connectivity index (χ0n) is 12.0. The summed E-state index contributed by atoms with van der Waals surface area (Å²) in [6, 6.07) is 3.79. The van der Waals surface area contributed by atoms with E-state index in [2.05, 4.69) is 9.88 Å². The van der Waals surface area contributed by atoms with Crippen LogP contribution in [0, 0.1) is 5.92 Å². The molecule has 20 heavy (non-hydrogen) atoms. The number of pyridine rings is 1. The van der Waals surface area contributed by atoms with Crippen molar-refractivity contribution in [2.45, 2.75) is 32.3 Å². The molecule has 0 aromatic carbocycles. The van der Waals surface area contributed by atoms with E-state index in [0.29, 0.717) is 11.6 Å². The van der Waals surface area contributed by atoms with Crippen LogP contribution in [0.2, 0.25) is 0 Å². The number of anilines is 2. The van der Waals surface area contributed by atoms with Crippen molar-refractivity contribution in [3.8, 4) is 0 Å². The monoisotopic (exact) mass is 278 g/mol. The number of carbonyl (C=O) groups excluding carboxylic acids is 1. The van der Waals surface area contributed by atoms with Crippen molar-refractivity contribution in [1.29, 1.82) is 0 Å². The maximum absolute atomic E-state index is 10.9. The third-order valence-corrected chi connectivity index (χ3v) is 3.54. The Morgan fingerprint density at radius 2 is 2.30 bits per heavy atom. The number of rotatable bonds is 4. The highest BCUT2D eigenvalue weighted by Gasteiger charge is 2.31. The second-order valence-electron chi connectivity index (χ2n) is 5.94. The molecule has 1 aliphatic heterocycles. The number of hydrogen-bond acceptors (Lipinski definition) is 5. The first kappa shape index (κ1) is 14.4. The van der Waals surface area contributed by atoms with Crippen molar-refractivity contribution >= 4 is 17.6 Å². The summed E-state index contributed by atoms with van der Waals surface area (Å²) in [4.78, 5) is 17.4. The van der Waals surface area contributed by atoms with E-state index in [9.17, 15) is 4.79 Å². The molecule has 4 N–H and O–H groups in total. The van der Waals surface area contributed by atoms with E-state index in [1.54, 1.807) is 6.20 Å². The van der Waals surface area contributed by atoms with Gasteiger partial charge in [-0.15, -0.1) is 0 Å². The number of amides is 1. The Hall–Kier alpha value is -1.98.